The highest BCUT2D eigenvalue weighted by molar-refractivity contribution is 6.29. The SMILES string of the molecule is NC1(C2CN(c3ccc(Cl)nn3)CCO2)CC1. The van der Waals surface area contributed by atoms with Crippen molar-refractivity contribution in [1.29, 1.82) is 0 Å². The summed E-state index contributed by atoms with van der Waals surface area (Å²) in [4.78, 5) is 2.16. The van der Waals surface area contributed by atoms with E-state index < -0.39 is 0 Å². The zero-order valence-electron chi connectivity index (χ0n) is 9.47. The maximum absolute atomic E-state index is 6.18. The van der Waals surface area contributed by atoms with E-state index in [0.29, 0.717) is 11.8 Å². The lowest BCUT2D eigenvalue weighted by Gasteiger charge is -2.36. The van der Waals surface area contributed by atoms with Crippen molar-refractivity contribution in [3.8, 4) is 0 Å². The quantitative estimate of drug-likeness (QED) is 0.847. The molecule has 0 radical (unpaired) electrons. The first-order valence-electron chi connectivity index (χ1n) is 5.82. The molecule has 2 fully saturated rings. The predicted molar refractivity (Wildman–Crippen MR) is 65.1 cm³/mol. The van der Waals surface area contributed by atoms with Crippen LogP contribution in [0.3, 0.4) is 0 Å². The van der Waals surface area contributed by atoms with Crippen molar-refractivity contribution < 1.29 is 4.74 Å². The van der Waals surface area contributed by atoms with Gasteiger partial charge in [-0.25, -0.2) is 0 Å². The van der Waals surface area contributed by atoms with E-state index in [1.165, 1.54) is 0 Å². The van der Waals surface area contributed by atoms with Gasteiger partial charge in [0, 0.05) is 18.6 Å². The molecule has 1 atom stereocenters. The van der Waals surface area contributed by atoms with Crippen molar-refractivity contribution in [2.75, 3.05) is 24.6 Å². The number of hydrogen-bond acceptors (Lipinski definition) is 5. The second-order valence-electron chi connectivity index (χ2n) is 4.75. The van der Waals surface area contributed by atoms with E-state index in [0.717, 1.165) is 31.7 Å². The van der Waals surface area contributed by atoms with Crippen LogP contribution in [0, 0.1) is 0 Å². The summed E-state index contributed by atoms with van der Waals surface area (Å²) in [5.41, 5.74) is 6.06. The van der Waals surface area contributed by atoms with Gasteiger partial charge in [-0.15, -0.1) is 10.2 Å². The Morgan fingerprint density at radius 3 is 2.88 bits per heavy atom. The second-order valence-corrected chi connectivity index (χ2v) is 5.14. The fraction of sp³-hybridized carbons (Fsp3) is 0.636. The van der Waals surface area contributed by atoms with Crippen LogP contribution in [0.1, 0.15) is 12.8 Å². The maximum atomic E-state index is 6.18. The van der Waals surface area contributed by atoms with E-state index in [1.54, 1.807) is 6.07 Å². The zero-order valence-corrected chi connectivity index (χ0v) is 10.2. The first-order chi connectivity index (χ1) is 8.17. The van der Waals surface area contributed by atoms with Gasteiger partial charge in [-0.05, 0) is 25.0 Å². The topological polar surface area (TPSA) is 64.3 Å². The number of nitrogens with two attached hydrogens (primary N) is 1. The lowest BCUT2D eigenvalue weighted by Crippen LogP contribution is -2.52. The molecule has 3 rings (SSSR count). The molecule has 1 aliphatic carbocycles. The van der Waals surface area contributed by atoms with Gasteiger partial charge in [-0.3, -0.25) is 0 Å². The van der Waals surface area contributed by atoms with Crippen molar-refractivity contribution in [3.05, 3.63) is 17.3 Å². The smallest absolute Gasteiger partial charge is 0.151 e. The zero-order chi connectivity index (χ0) is 11.9. The third kappa shape index (κ3) is 2.22. The summed E-state index contributed by atoms with van der Waals surface area (Å²) >= 11 is 5.73. The molecule has 0 aromatic carbocycles. The van der Waals surface area contributed by atoms with Gasteiger partial charge in [0.1, 0.15) is 0 Å². The van der Waals surface area contributed by atoms with E-state index in [4.69, 9.17) is 22.1 Å². The number of aromatic nitrogens is 2. The Morgan fingerprint density at radius 2 is 2.24 bits per heavy atom. The Hall–Kier alpha value is -0.910. The summed E-state index contributed by atoms with van der Waals surface area (Å²) in [6.07, 6.45) is 2.21. The van der Waals surface area contributed by atoms with E-state index in [1.807, 2.05) is 6.07 Å². The molecular weight excluding hydrogens is 240 g/mol. The Kier molecular flexibility index (Phi) is 2.69. The van der Waals surface area contributed by atoms with E-state index in [-0.39, 0.29) is 11.6 Å². The van der Waals surface area contributed by atoms with Crippen molar-refractivity contribution in [3.63, 3.8) is 0 Å². The molecule has 1 aromatic rings. The van der Waals surface area contributed by atoms with E-state index in [2.05, 4.69) is 15.1 Å². The number of morpholine rings is 1. The third-order valence-corrected chi connectivity index (χ3v) is 3.68. The first kappa shape index (κ1) is 11.2. The highest BCUT2D eigenvalue weighted by Crippen LogP contribution is 2.38. The summed E-state index contributed by atoms with van der Waals surface area (Å²) in [5, 5.41) is 8.36. The molecule has 1 aliphatic heterocycles. The molecule has 6 heteroatoms. The van der Waals surface area contributed by atoms with Gasteiger partial charge in [0.15, 0.2) is 11.0 Å². The van der Waals surface area contributed by atoms with Crippen molar-refractivity contribution in [1.82, 2.24) is 10.2 Å². The molecule has 0 bridgehead atoms. The van der Waals surface area contributed by atoms with Gasteiger partial charge in [0.05, 0.1) is 12.7 Å². The number of rotatable bonds is 2. The molecule has 1 saturated carbocycles. The Morgan fingerprint density at radius 1 is 1.41 bits per heavy atom. The van der Waals surface area contributed by atoms with Crippen LogP contribution < -0.4 is 10.6 Å². The highest BCUT2D eigenvalue weighted by atomic mass is 35.5. The summed E-state index contributed by atoms with van der Waals surface area (Å²) < 4.78 is 5.74. The summed E-state index contributed by atoms with van der Waals surface area (Å²) in [5.74, 6) is 0.840. The minimum Gasteiger partial charge on any atom is -0.373 e. The lowest BCUT2D eigenvalue weighted by atomic mass is 10.1. The van der Waals surface area contributed by atoms with Crippen LogP contribution in [0.4, 0.5) is 5.82 Å². The molecule has 1 aromatic heterocycles. The lowest BCUT2D eigenvalue weighted by molar-refractivity contribution is 0.0169. The first-order valence-corrected chi connectivity index (χ1v) is 6.20. The van der Waals surface area contributed by atoms with E-state index in [9.17, 15) is 0 Å². The van der Waals surface area contributed by atoms with Gasteiger partial charge in [-0.1, -0.05) is 11.6 Å². The molecule has 1 unspecified atom stereocenters. The van der Waals surface area contributed by atoms with Crippen LogP contribution in [-0.2, 0) is 4.74 Å². The van der Waals surface area contributed by atoms with Gasteiger partial charge >= 0.3 is 0 Å². The minimum atomic E-state index is -0.113. The molecule has 2 heterocycles. The summed E-state index contributed by atoms with van der Waals surface area (Å²) in [7, 11) is 0. The van der Waals surface area contributed by atoms with Gasteiger partial charge < -0.3 is 15.4 Å². The van der Waals surface area contributed by atoms with Crippen molar-refractivity contribution >= 4 is 17.4 Å². The molecular formula is C11H15ClN4O. The number of anilines is 1. The molecule has 0 spiro atoms. The summed E-state index contributed by atoms with van der Waals surface area (Å²) in [6.45, 7) is 2.30. The van der Waals surface area contributed by atoms with Gasteiger partial charge in [-0.2, -0.15) is 0 Å². The average molecular weight is 255 g/mol. The van der Waals surface area contributed by atoms with Gasteiger partial charge in [0.25, 0.3) is 0 Å². The van der Waals surface area contributed by atoms with Crippen LogP contribution in [0.5, 0.6) is 0 Å². The molecule has 2 N–H and O–H groups in total. The van der Waals surface area contributed by atoms with E-state index >= 15 is 0 Å². The van der Waals surface area contributed by atoms with Crippen LogP contribution in [-0.4, -0.2) is 41.5 Å². The Labute approximate surface area is 105 Å². The molecule has 0 amide bonds. The average Bonchev–Trinajstić information content (AvgIpc) is 3.10. The van der Waals surface area contributed by atoms with Gasteiger partial charge in [0.2, 0.25) is 0 Å². The molecule has 2 aliphatic rings. The fourth-order valence-corrected chi connectivity index (χ4v) is 2.25. The van der Waals surface area contributed by atoms with Crippen LogP contribution in [0.25, 0.3) is 0 Å². The van der Waals surface area contributed by atoms with Crippen LogP contribution in [0.2, 0.25) is 5.15 Å². The minimum absolute atomic E-state index is 0.105. The molecule has 92 valence electrons. The number of halogens is 1. The third-order valence-electron chi connectivity index (χ3n) is 3.48. The standard InChI is InChI=1S/C11H15ClN4O/c12-9-1-2-10(15-14-9)16-5-6-17-8(7-16)11(13)3-4-11/h1-2,8H,3-7,13H2. The monoisotopic (exact) mass is 254 g/mol. The van der Waals surface area contributed by atoms with Crippen molar-refractivity contribution in [2.45, 2.75) is 24.5 Å². The second kappa shape index (κ2) is 4.08. The Bertz CT molecular complexity index is 406. The number of ether oxygens (including phenoxy) is 1. The van der Waals surface area contributed by atoms with Crippen LogP contribution >= 0.6 is 11.6 Å². The largest absolute Gasteiger partial charge is 0.373 e. The molecule has 5 nitrogen and oxygen atoms in total. The highest BCUT2D eigenvalue weighted by Gasteiger charge is 2.48. The fourth-order valence-electron chi connectivity index (χ4n) is 2.15. The number of nitrogens with zero attached hydrogens (tertiary/aromatic N) is 3. The summed E-state index contributed by atoms with van der Waals surface area (Å²) in [6, 6.07) is 3.64. The maximum Gasteiger partial charge on any atom is 0.151 e. The van der Waals surface area contributed by atoms with Crippen LogP contribution in [0.15, 0.2) is 12.1 Å². The number of hydrogen-bond donors (Lipinski definition) is 1. The normalized spacial score (nSPS) is 26.9. The Balaban J connectivity index is 1.73. The molecule has 17 heavy (non-hydrogen) atoms. The predicted octanol–water partition coefficient (Wildman–Crippen LogP) is 0.826. The molecule has 1 saturated heterocycles. The van der Waals surface area contributed by atoms with Crippen molar-refractivity contribution in [2.24, 2.45) is 5.73 Å².